The Kier molecular flexibility index (Phi) is 8.40. The molecule has 1 aromatic heterocycles. The molecule has 0 aliphatic carbocycles. The molecule has 2 atom stereocenters. The maximum Gasteiger partial charge on any atom is 0.326 e. The second-order valence-electron chi connectivity index (χ2n) is 9.08. The number of carboxylic acid groups (broad SMARTS) is 1. The van der Waals surface area contributed by atoms with Crippen LogP contribution in [0.15, 0.2) is 41.4 Å². The van der Waals surface area contributed by atoms with Crippen LogP contribution in [0.4, 0.5) is 5.69 Å². The van der Waals surface area contributed by atoms with Crippen molar-refractivity contribution in [1.82, 2.24) is 20.9 Å². The van der Waals surface area contributed by atoms with Crippen LogP contribution in [0.2, 0.25) is 0 Å². The first kappa shape index (κ1) is 25.5. The third-order valence-corrected chi connectivity index (χ3v) is 6.47. The average Bonchev–Trinajstić information content (AvgIpc) is 3.22. The van der Waals surface area contributed by atoms with Crippen LogP contribution in [-0.2, 0) is 33.8 Å². The SMILES string of the molecule is NC1C(C(=O)NC(CCNC(=O)CCCCc2ccc3c(n2)CCNC3)C(=O)O)=Nc2ccccc21. The molecule has 0 bridgehead atoms. The van der Waals surface area contributed by atoms with E-state index in [1.807, 2.05) is 0 Å². The molecule has 0 radical (unpaired) electrons. The fourth-order valence-corrected chi connectivity index (χ4v) is 4.44. The number of carbonyl (C=O) groups excluding carboxylic acids is 2. The number of benzene rings is 1. The van der Waals surface area contributed by atoms with E-state index >= 15 is 0 Å². The van der Waals surface area contributed by atoms with Crippen molar-refractivity contribution in [2.45, 2.75) is 57.2 Å². The number of para-hydroxylation sites is 1. The molecule has 2 aromatic rings. The van der Waals surface area contributed by atoms with Crippen LogP contribution in [0.3, 0.4) is 0 Å². The molecule has 4 rings (SSSR count). The molecule has 2 aliphatic heterocycles. The molecule has 3 heterocycles. The van der Waals surface area contributed by atoms with Gasteiger partial charge in [0.15, 0.2) is 0 Å². The number of aliphatic carboxylic acids is 1. The largest absolute Gasteiger partial charge is 0.480 e. The molecule has 0 fully saturated rings. The number of hydrogen-bond donors (Lipinski definition) is 5. The molecular weight excluding hydrogens is 460 g/mol. The van der Waals surface area contributed by atoms with Crippen LogP contribution < -0.4 is 21.7 Å². The summed E-state index contributed by atoms with van der Waals surface area (Å²) in [5, 5.41) is 18.1. The Morgan fingerprint density at radius 2 is 2.00 bits per heavy atom. The Hall–Kier alpha value is -3.63. The zero-order valence-corrected chi connectivity index (χ0v) is 20.1. The van der Waals surface area contributed by atoms with Gasteiger partial charge in [0.25, 0.3) is 5.91 Å². The summed E-state index contributed by atoms with van der Waals surface area (Å²) >= 11 is 0. The standard InChI is InChI=1S/C26H32N6O4/c27-23-18-6-2-3-7-20(18)31-24(23)25(34)32-21(26(35)36)12-14-29-22(33)8-4-1-5-17-10-9-16-15-28-13-11-19(16)30-17/h2-3,6-7,9-10,21,23,28H,1,4-5,8,11-15,27H2,(H,29,33)(H,32,34)(H,35,36). The molecule has 10 nitrogen and oxygen atoms in total. The van der Waals surface area contributed by atoms with Gasteiger partial charge in [0.05, 0.1) is 11.7 Å². The first-order chi connectivity index (χ1) is 17.4. The van der Waals surface area contributed by atoms with E-state index in [0.717, 1.165) is 49.3 Å². The van der Waals surface area contributed by atoms with Crippen LogP contribution in [0.5, 0.6) is 0 Å². The minimum atomic E-state index is -1.18. The summed E-state index contributed by atoms with van der Waals surface area (Å²) < 4.78 is 0. The van der Waals surface area contributed by atoms with Crippen molar-refractivity contribution in [2.24, 2.45) is 10.7 Å². The van der Waals surface area contributed by atoms with Gasteiger partial charge in [-0.1, -0.05) is 24.3 Å². The molecule has 190 valence electrons. The van der Waals surface area contributed by atoms with Crippen molar-refractivity contribution >= 4 is 29.2 Å². The molecular formula is C26H32N6O4. The highest BCUT2D eigenvalue weighted by Crippen LogP contribution is 2.32. The molecule has 2 aliphatic rings. The van der Waals surface area contributed by atoms with E-state index in [2.05, 4.69) is 33.1 Å². The quantitative estimate of drug-likeness (QED) is 0.296. The number of pyridine rings is 1. The summed E-state index contributed by atoms with van der Waals surface area (Å²) in [6.45, 7) is 1.95. The first-order valence-corrected chi connectivity index (χ1v) is 12.3. The fourth-order valence-electron chi connectivity index (χ4n) is 4.44. The highest BCUT2D eigenvalue weighted by molar-refractivity contribution is 6.42. The zero-order valence-electron chi connectivity index (χ0n) is 20.1. The Morgan fingerprint density at radius 1 is 1.17 bits per heavy atom. The lowest BCUT2D eigenvalue weighted by atomic mass is 10.0. The molecule has 0 spiro atoms. The van der Waals surface area contributed by atoms with Crippen molar-refractivity contribution in [3.63, 3.8) is 0 Å². The van der Waals surface area contributed by atoms with Gasteiger partial charge in [0, 0.05) is 49.4 Å². The summed E-state index contributed by atoms with van der Waals surface area (Å²) in [4.78, 5) is 45.5. The van der Waals surface area contributed by atoms with Crippen LogP contribution in [0, 0.1) is 0 Å². The van der Waals surface area contributed by atoms with E-state index in [4.69, 9.17) is 10.7 Å². The van der Waals surface area contributed by atoms with Crippen LogP contribution >= 0.6 is 0 Å². The van der Waals surface area contributed by atoms with E-state index in [1.165, 1.54) is 5.56 Å². The Balaban J connectivity index is 1.16. The molecule has 0 saturated heterocycles. The lowest BCUT2D eigenvalue weighted by Crippen LogP contribution is -2.47. The number of aliphatic imine (C=N–C) groups is 1. The van der Waals surface area contributed by atoms with E-state index in [9.17, 15) is 19.5 Å². The van der Waals surface area contributed by atoms with E-state index in [0.29, 0.717) is 18.5 Å². The molecule has 2 unspecified atom stereocenters. The van der Waals surface area contributed by atoms with Crippen LogP contribution in [0.1, 0.15) is 54.2 Å². The third kappa shape index (κ3) is 6.32. The van der Waals surface area contributed by atoms with Gasteiger partial charge in [-0.15, -0.1) is 0 Å². The number of nitrogens with one attached hydrogen (secondary N) is 3. The summed E-state index contributed by atoms with van der Waals surface area (Å²) in [6, 6.07) is 9.44. The maximum absolute atomic E-state index is 12.6. The van der Waals surface area contributed by atoms with Gasteiger partial charge in [0.2, 0.25) is 5.91 Å². The molecule has 2 amide bonds. The topological polar surface area (TPSA) is 159 Å². The first-order valence-electron chi connectivity index (χ1n) is 12.3. The normalized spacial score (nSPS) is 16.9. The number of carbonyl (C=O) groups is 3. The number of nitrogens with zero attached hydrogens (tertiary/aromatic N) is 2. The summed E-state index contributed by atoms with van der Waals surface area (Å²) in [5.41, 5.74) is 11.0. The van der Waals surface area contributed by atoms with Gasteiger partial charge in [-0.3, -0.25) is 14.6 Å². The second-order valence-corrected chi connectivity index (χ2v) is 9.08. The second kappa shape index (κ2) is 11.9. The fraction of sp³-hybridized carbons (Fsp3) is 0.423. The number of aryl methyl sites for hydroxylation is 1. The summed E-state index contributed by atoms with van der Waals surface area (Å²) in [6.07, 6.45) is 3.72. The van der Waals surface area contributed by atoms with Crippen LogP contribution in [-0.4, -0.2) is 52.7 Å². The van der Waals surface area contributed by atoms with Gasteiger partial charge in [-0.05, 0) is 43.4 Å². The van der Waals surface area contributed by atoms with Crippen molar-refractivity contribution in [3.8, 4) is 0 Å². The predicted molar refractivity (Wildman–Crippen MR) is 135 cm³/mol. The number of nitrogens with two attached hydrogens (primary N) is 1. The average molecular weight is 493 g/mol. The summed E-state index contributed by atoms with van der Waals surface area (Å²) in [5.74, 6) is -1.95. The van der Waals surface area contributed by atoms with E-state index in [1.54, 1.807) is 24.3 Å². The monoisotopic (exact) mass is 492 g/mol. The molecule has 6 N–H and O–H groups in total. The highest BCUT2D eigenvalue weighted by Gasteiger charge is 2.31. The summed E-state index contributed by atoms with van der Waals surface area (Å²) in [7, 11) is 0. The smallest absolute Gasteiger partial charge is 0.326 e. The van der Waals surface area contributed by atoms with Gasteiger partial charge < -0.3 is 26.8 Å². The number of rotatable bonds is 11. The molecule has 1 aromatic carbocycles. The van der Waals surface area contributed by atoms with Gasteiger partial charge in [0.1, 0.15) is 11.8 Å². The number of unbranched alkanes of at least 4 members (excludes halogenated alkanes) is 1. The molecule has 10 heteroatoms. The number of amides is 2. The highest BCUT2D eigenvalue weighted by atomic mass is 16.4. The van der Waals surface area contributed by atoms with Gasteiger partial charge >= 0.3 is 5.97 Å². The molecule has 0 saturated carbocycles. The number of fused-ring (bicyclic) bond motifs is 2. The van der Waals surface area contributed by atoms with E-state index < -0.39 is 24.0 Å². The van der Waals surface area contributed by atoms with Crippen molar-refractivity contribution in [3.05, 3.63) is 58.9 Å². The van der Waals surface area contributed by atoms with Crippen molar-refractivity contribution in [2.75, 3.05) is 13.1 Å². The zero-order chi connectivity index (χ0) is 25.5. The van der Waals surface area contributed by atoms with Gasteiger partial charge in [-0.2, -0.15) is 0 Å². The third-order valence-electron chi connectivity index (χ3n) is 6.47. The Bertz CT molecular complexity index is 1160. The van der Waals surface area contributed by atoms with Gasteiger partial charge in [-0.25, -0.2) is 9.79 Å². The van der Waals surface area contributed by atoms with E-state index in [-0.39, 0.29) is 24.6 Å². The number of carboxylic acids is 1. The molecule has 36 heavy (non-hydrogen) atoms. The van der Waals surface area contributed by atoms with Crippen molar-refractivity contribution in [1.29, 1.82) is 0 Å². The Morgan fingerprint density at radius 3 is 2.81 bits per heavy atom. The minimum Gasteiger partial charge on any atom is -0.480 e. The van der Waals surface area contributed by atoms with Crippen LogP contribution in [0.25, 0.3) is 0 Å². The maximum atomic E-state index is 12.6. The lowest BCUT2D eigenvalue weighted by Gasteiger charge is -2.17. The predicted octanol–water partition coefficient (Wildman–Crippen LogP) is 1.30. The van der Waals surface area contributed by atoms with Crippen molar-refractivity contribution < 1.29 is 19.5 Å². The number of hydrogen-bond acceptors (Lipinski definition) is 7. The lowest BCUT2D eigenvalue weighted by molar-refractivity contribution is -0.141. The Labute approximate surface area is 209 Å². The minimum absolute atomic E-state index is 0.0518. The number of aromatic nitrogens is 1.